The van der Waals surface area contributed by atoms with Crippen LogP contribution in [-0.2, 0) is 19.3 Å². The highest BCUT2D eigenvalue weighted by molar-refractivity contribution is 8.00. The molecule has 5 heteroatoms. The molecule has 1 aromatic carbocycles. The first-order chi connectivity index (χ1) is 13.1. The molecule has 0 spiro atoms. The van der Waals surface area contributed by atoms with E-state index in [9.17, 15) is 4.79 Å². The average molecular weight is 397 g/mol. The maximum absolute atomic E-state index is 12.9. The molecule has 0 fully saturated rings. The largest absolute Gasteiger partial charge is 0.293 e. The van der Waals surface area contributed by atoms with Crippen LogP contribution in [-0.4, -0.2) is 21.0 Å². The summed E-state index contributed by atoms with van der Waals surface area (Å²) in [5.41, 5.74) is 3.46. The van der Waals surface area contributed by atoms with Gasteiger partial charge in [0.15, 0.2) is 5.78 Å². The highest BCUT2D eigenvalue weighted by Crippen LogP contribution is 2.40. The summed E-state index contributed by atoms with van der Waals surface area (Å²) < 4.78 is 0. The van der Waals surface area contributed by atoms with E-state index in [1.54, 1.807) is 11.8 Å². The van der Waals surface area contributed by atoms with Gasteiger partial charge in [0.25, 0.3) is 0 Å². The van der Waals surface area contributed by atoms with Gasteiger partial charge in [-0.05, 0) is 57.1 Å². The molecule has 3 nitrogen and oxygen atoms in total. The summed E-state index contributed by atoms with van der Waals surface area (Å²) in [6, 6.07) is 8.00. The van der Waals surface area contributed by atoms with Crippen molar-refractivity contribution in [2.24, 2.45) is 0 Å². The Labute approximate surface area is 168 Å². The Morgan fingerprint density at radius 2 is 1.93 bits per heavy atom. The normalized spacial score (nSPS) is 14.9. The lowest BCUT2D eigenvalue weighted by molar-refractivity contribution is 0.0994. The Bertz CT molecular complexity index is 992. The number of aromatic nitrogens is 2. The van der Waals surface area contributed by atoms with Gasteiger partial charge in [0, 0.05) is 15.8 Å². The molecule has 27 heavy (non-hydrogen) atoms. The van der Waals surface area contributed by atoms with Gasteiger partial charge in [0.05, 0.1) is 5.25 Å². The maximum Gasteiger partial charge on any atom is 0.175 e. The lowest BCUT2D eigenvalue weighted by Gasteiger charge is -2.14. The van der Waals surface area contributed by atoms with Crippen LogP contribution < -0.4 is 0 Å². The molecular weight excluding hydrogens is 372 g/mol. The number of nitrogens with zero attached hydrogens (tertiary/aromatic N) is 2. The zero-order valence-corrected chi connectivity index (χ0v) is 17.7. The van der Waals surface area contributed by atoms with Crippen molar-refractivity contribution in [2.75, 3.05) is 0 Å². The molecule has 2 aromatic heterocycles. The molecule has 0 N–H and O–H groups in total. The molecule has 0 saturated heterocycles. The Morgan fingerprint density at radius 1 is 1.19 bits per heavy atom. The van der Waals surface area contributed by atoms with E-state index in [0.29, 0.717) is 0 Å². The second-order valence-electron chi connectivity index (χ2n) is 7.14. The van der Waals surface area contributed by atoms with Gasteiger partial charge in [0.2, 0.25) is 0 Å². The molecule has 0 amide bonds. The lowest BCUT2D eigenvalue weighted by Crippen LogP contribution is -2.14. The van der Waals surface area contributed by atoms with Crippen molar-refractivity contribution in [1.29, 1.82) is 0 Å². The summed E-state index contributed by atoms with van der Waals surface area (Å²) in [6.07, 6.45) is 5.74. The molecule has 140 valence electrons. The van der Waals surface area contributed by atoms with E-state index >= 15 is 0 Å². The molecule has 0 radical (unpaired) electrons. The standard InChI is InChI=1S/C22H24N2OS2/c1-4-15-9-11-16(12-10-15)20(25)13(2)26-21-19-17-7-5-6-8-18(17)27-22(19)24-14(3)23-21/h9-13H,4-8H2,1-3H3/t13-/m0/s1. The van der Waals surface area contributed by atoms with Gasteiger partial charge in [-0.25, -0.2) is 9.97 Å². The van der Waals surface area contributed by atoms with Crippen molar-refractivity contribution in [2.45, 2.75) is 63.2 Å². The highest BCUT2D eigenvalue weighted by Gasteiger charge is 2.24. The van der Waals surface area contributed by atoms with Crippen LogP contribution in [0.15, 0.2) is 29.3 Å². The number of hydrogen-bond acceptors (Lipinski definition) is 5. The number of fused-ring (bicyclic) bond motifs is 3. The number of benzene rings is 1. The van der Waals surface area contributed by atoms with Crippen LogP contribution in [0.1, 0.15) is 58.9 Å². The third kappa shape index (κ3) is 3.67. The molecular formula is C22H24N2OS2. The quantitative estimate of drug-likeness (QED) is 0.310. The minimum absolute atomic E-state index is 0.163. The van der Waals surface area contributed by atoms with Crippen molar-refractivity contribution in [3.8, 4) is 0 Å². The Hall–Kier alpha value is -1.72. The Morgan fingerprint density at radius 3 is 2.67 bits per heavy atom. The smallest absolute Gasteiger partial charge is 0.175 e. The fraction of sp³-hybridized carbons (Fsp3) is 0.409. The zero-order valence-electron chi connectivity index (χ0n) is 16.0. The van der Waals surface area contributed by atoms with Crippen LogP contribution in [0.4, 0.5) is 0 Å². The Balaban J connectivity index is 1.65. The molecule has 3 aromatic rings. The van der Waals surface area contributed by atoms with Crippen molar-refractivity contribution in [3.63, 3.8) is 0 Å². The predicted molar refractivity (Wildman–Crippen MR) is 114 cm³/mol. The molecule has 2 heterocycles. The molecule has 1 atom stereocenters. The molecule has 0 unspecified atom stereocenters. The summed E-state index contributed by atoms with van der Waals surface area (Å²) in [4.78, 5) is 24.9. The van der Waals surface area contributed by atoms with E-state index < -0.39 is 0 Å². The summed E-state index contributed by atoms with van der Waals surface area (Å²) >= 11 is 3.40. The van der Waals surface area contributed by atoms with Gasteiger partial charge in [0.1, 0.15) is 15.7 Å². The van der Waals surface area contributed by atoms with E-state index in [1.807, 2.05) is 49.4 Å². The number of Topliss-reactive ketones (excluding diaryl/α,β-unsaturated/α-hetero) is 1. The first kappa shape index (κ1) is 18.6. The molecule has 4 rings (SSSR count). The van der Waals surface area contributed by atoms with Gasteiger partial charge in [-0.15, -0.1) is 11.3 Å². The van der Waals surface area contributed by atoms with Crippen molar-refractivity contribution < 1.29 is 4.79 Å². The van der Waals surface area contributed by atoms with Gasteiger partial charge >= 0.3 is 0 Å². The van der Waals surface area contributed by atoms with E-state index in [2.05, 4.69) is 11.9 Å². The van der Waals surface area contributed by atoms with Gasteiger partial charge in [-0.2, -0.15) is 0 Å². The van der Waals surface area contributed by atoms with Crippen LogP contribution in [0.5, 0.6) is 0 Å². The summed E-state index contributed by atoms with van der Waals surface area (Å²) in [6.45, 7) is 6.06. The number of thioether (sulfide) groups is 1. The number of carbonyl (C=O) groups excluding carboxylic acids is 1. The highest BCUT2D eigenvalue weighted by atomic mass is 32.2. The van der Waals surface area contributed by atoms with Crippen LogP contribution in [0.25, 0.3) is 10.2 Å². The van der Waals surface area contributed by atoms with E-state index in [4.69, 9.17) is 4.98 Å². The molecule has 1 aliphatic carbocycles. The average Bonchev–Trinajstić information content (AvgIpc) is 3.05. The number of rotatable bonds is 5. The van der Waals surface area contributed by atoms with Crippen LogP contribution >= 0.6 is 23.1 Å². The third-order valence-electron chi connectivity index (χ3n) is 5.20. The third-order valence-corrected chi connectivity index (χ3v) is 7.47. The van der Waals surface area contributed by atoms with Gasteiger partial charge < -0.3 is 0 Å². The van der Waals surface area contributed by atoms with Crippen molar-refractivity contribution in [1.82, 2.24) is 9.97 Å². The zero-order chi connectivity index (χ0) is 19.0. The van der Waals surface area contributed by atoms with E-state index in [0.717, 1.165) is 40.5 Å². The minimum Gasteiger partial charge on any atom is -0.293 e. The molecule has 0 bridgehead atoms. The second-order valence-corrected chi connectivity index (χ2v) is 9.55. The van der Waals surface area contributed by atoms with Crippen LogP contribution in [0, 0.1) is 6.92 Å². The summed E-state index contributed by atoms with van der Waals surface area (Å²) in [7, 11) is 0. The van der Waals surface area contributed by atoms with Gasteiger partial charge in [-0.3, -0.25) is 4.79 Å². The monoisotopic (exact) mass is 396 g/mol. The molecule has 0 aliphatic heterocycles. The van der Waals surface area contributed by atoms with E-state index in [-0.39, 0.29) is 11.0 Å². The first-order valence-corrected chi connectivity index (χ1v) is 11.3. The fourth-order valence-electron chi connectivity index (χ4n) is 3.67. The van der Waals surface area contributed by atoms with Crippen molar-refractivity contribution >= 4 is 39.1 Å². The van der Waals surface area contributed by atoms with Crippen LogP contribution in [0.3, 0.4) is 0 Å². The molecule has 1 aliphatic rings. The fourth-order valence-corrected chi connectivity index (χ4v) is 6.14. The number of thiophene rings is 1. The summed E-state index contributed by atoms with van der Waals surface area (Å²) in [5, 5.41) is 2.00. The lowest BCUT2D eigenvalue weighted by atomic mass is 9.97. The summed E-state index contributed by atoms with van der Waals surface area (Å²) in [5.74, 6) is 0.951. The topological polar surface area (TPSA) is 42.9 Å². The Kier molecular flexibility index (Phi) is 5.33. The predicted octanol–water partition coefficient (Wildman–Crippen LogP) is 5.80. The maximum atomic E-state index is 12.9. The SMILES string of the molecule is CCc1ccc(C(=O)[C@H](C)Sc2nc(C)nc3sc4c(c23)CCCC4)cc1. The van der Waals surface area contributed by atoms with Gasteiger partial charge in [-0.1, -0.05) is 43.0 Å². The van der Waals surface area contributed by atoms with Crippen LogP contribution in [0.2, 0.25) is 0 Å². The number of aryl methyl sites for hydroxylation is 4. The number of hydrogen-bond donors (Lipinski definition) is 0. The second kappa shape index (κ2) is 7.72. The minimum atomic E-state index is -0.172. The molecule has 0 saturated carbocycles. The van der Waals surface area contributed by atoms with Crippen molar-refractivity contribution in [3.05, 3.63) is 51.7 Å². The number of carbonyl (C=O) groups is 1. The number of ketones is 1. The first-order valence-electron chi connectivity index (χ1n) is 9.65. The van der Waals surface area contributed by atoms with E-state index in [1.165, 1.54) is 34.2 Å².